The molecule has 5 aromatic carbocycles. The molecule has 0 radical (unpaired) electrons. The number of halogens is 2. The van der Waals surface area contributed by atoms with E-state index in [0.29, 0.717) is 0 Å². The lowest BCUT2D eigenvalue weighted by Gasteiger charge is -2.08. The van der Waals surface area contributed by atoms with E-state index in [1.165, 1.54) is 14.3 Å². The molecule has 0 aliphatic rings. The molecule has 34 heavy (non-hydrogen) atoms. The summed E-state index contributed by atoms with van der Waals surface area (Å²) in [5.74, 6) is 3.26. The molecular formula is C30H22I2O2+2. The van der Waals surface area contributed by atoms with Gasteiger partial charge in [-0.05, 0) is 97.1 Å². The van der Waals surface area contributed by atoms with Gasteiger partial charge < -0.3 is 9.47 Å². The normalized spacial score (nSPS) is 10.6. The van der Waals surface area contributed by atoms with Gasteiger partial charge in [0.25, 0.3) is 0 Å². The van der Waals surface area contributed by atoms with Crippen molar-refractivity contribution in [2.24, 2.45) is 0 Å². The Morgan fingerprint density at radius 2 is 0.559 bits per heavy atom. The van der Waals surface area contributed by atoms with Crippen LogP contribution in [0.1, 0.15) is 0 Å². The lowest BCUT2D eigenvalue weighted by atomic mass is 10.3. The Bertz CT molecular complexity index is 1200. The third-order valence-corrected chi connectivity index (χ3v) is 10.2. The minimum atomic E-state index is -0.160. The summed E-state index contributed by atoms with van der Waals surface area (Å²) in [7, 11) is 0. The molecular weight excluding hydrogens is 646 g/mol. The van der Waals surface area contributed by atoms with Crippen molar-refractivity contribution in [1.82, 2.24) is 0 Å². The van der Waals surface area contributed by atoms with Crippen molar-refractivity contribution in [2.45, 2.75) is 0 Å². The smallest absolute Gasteiger partial charge is 0.357 e. The van der Waals surface area contributed by atoms with Crippen LogP contribution in [-0.4, -0.2) is 0 Å². The minimum Gasteiger partial charge on any atom is -0.457 e. The van der Waals surface area contributed by atoms with Gasteiger partial charge in [-0.1, -0.05) is 36.4 Å². The molecule has 0 aliphatic heterocycles. The molecule has 0 spiro atoms. The Balaban J connectivity index is 1.15. The minimum absolute atomic E-state index is 0.160. The van der Waals surface area contributed by atoms with Gasteiger partial charge in [0.2, 0.25) is 0 Å². The highest BCUT2D eigenvalue weighted by atomic mass is 127. The van der Waals surface area contributed by atoms with Crippen molar-refractivity contribution in [2.75, 3.05) is 0 Å². The highest BCUT2D eigenvalue weighted by molar-refractivity contribution is 5.37. The lowest BCUT2D eigenvalue weighted by Crippen LogP contribution is -3.61. The van der Waals surface area contributed by atoms with E-state index in [1.54, 1.807) is 0 Å². The van der Waals surface area contributed by atoms with Crippen LogP contribution in [0.4, 0.5) is 0 Å². The van der Waals surface area contributed by atoms with Crippen LogP contribution in [0.5, 0.6) is 23.0 Å². The Morgan fingerprint density at radius 1 is 0.294 bits per heavy atom. The quantitative estimate of drug-likeness (QED) is 0.234. The Labute approximate surface area is 221 Å². The van der Waals surface area contributed by atoms with E-state index in [0.717, 1.165) is 23.0 Å². The fourth-order valence-electron chi connectivity index (χ4n) is 3.19. The lowest BCUT2D eigenvalue weighted by molar-refractivity contribution is -0.597. The molecule has 0 atom stereocenters. The van der Waals surface area contributed by atoms with Gasteiger partial charge in [0.15, 0.2) is 14.3 Å². The molecule has 0 saturated carbocycles. The van der Waals surface area contributed by atoms with Gasteiger partial charge in [0.05, 0.1) is 0 Å². The van der Waals surface area contributed by atoms with Crippen LogP contribution in [0.15, 0.2) is 133 Å². The predicted molar refractivity (Wildman–Crippen MR) is 127 cm³/mol. The molecule has 0 amide bonds. The summed E-state index contributed by atoms with van der Waals surface area (Å²) < 4.78 is 17.6. The van der Waals surface area contributed by atoms with Crippen LogP contribution < -0.4 is 51.9 Å². The van der Waals surface area contributed by atoms with E-state index >= 15 is 0 Å². The summed E-state index contributed by atoms with van der Waals surface area (Å²) in [6.45, 7) is 0. The molecule has 2 nitrogen and oxygen atoms in total. The molecule has 0 aliphatic carbocycles. The zero-order valence-corrected chi connectivity index (χ0v) is 22.6. The van der Waals surface area contributed by atoms with Gasteiger partial charge in [-0.2, -0.15) is 0 Å². The van der Waals surface area contributed by atoms with Crippen molar-refractivity contribution in [3.63, 3.8) is 0 Å². The van der Waals surface area contributed by atoms with Crippen LogP contribution in [0.2, 0.25) is 0 Å². The van der Waals surface area contributed by atoms with E-state index in [2.05, 4.69) is 84.9 Å². The summed E-state index contributed by atoms with van der Waals surface area (Å²) in [6.07, 6.45) is 0. The summed E-state index contributed by atoms with van der Waals surface area (Å²) in [4.78, 5) is 0. The fraction of sp³-hybridized carbons (Fsp3) is 0. The maximum Gasteiger partial charge on any atom is 0.357 e. The first kappa shape index (κ1) is 22.9. The van der Waals surface area contributed by atoms with Gasteiger partial charge in [-0.3, -0.25) is 0 Å². The number of hydrogen-bond acceptors (Lipinski definition) is 2. The molecule has 0 N–H and O–H groups in total. The SMILES string of the molecule is c1ccc([I+]c2ccc(Oc3ccc(Oc4ccc([I+]c5ccccc5)cc4)cc3)cc2)cc1. The van der Waals surface area contributed by atoms with Crippen molar-refractivity contribution in [3.8, 4) is 23.0 Å². The first-order valence-corrected chi connectivity index (χ1v) is 15.2. The first-order chi connectivity index (χ1) is 16.8. The fourth-order valence-corrected chi connectivity index (χ4v) is 7.61. The maximum absolute atomic E-state index is 6.02. The van der Waals surface area contributed by atoms with E-state index in [4.69, 9.17) is 9.47 Å². The monoisotopic (exact) mass is 668 g/mol. The largest absolute Gasteiger partial charge is 0.457 e. The zero-order valence-electron chi connectivity index (χ0n) is 18.3. The van der Waals surface area contributed by atoms with Crippen molar-refractivity contribution < 1.29 is 51.9 Å². The summed E-state index contributed by atoms with van der Waals surface area (Å²) in [5, 5.41) is 0. The molecule has 0 saturated heterocycles. The highest BCUT2D eigenvalue weighted by Gasteiger charge is 2.15. The van der Waals surface area contributed by atoms with Crippen molar-refractivity contribution in [3.05, 3.63) is 148 Å². The second kappa shape index (κ2) is 11.5. The molecule has 0 heterocycles. The molecule has 0 fully saturated rings. The second-order valence-electron chi connectivity index (χ2n) is 7.36. The van der Waals surface area contributed by atoms with Crippen LogP contribution >= 0.6 is 0 Å². The molecule has 0 aromatic heterocycles. The summed E-state index contributed by atoms with van der Waals surface area (Å²) in [6, 6.07) is 45.9. The van der Waals surface area contributed by atoms with E-state index in [-0.39, 0.29) is 42.4 Å². The topological polar surface area (TPSA) is 18.5 Å². The van der Waals surface area contributed by atoms with Crippen LogP contribution in [0.3, 0.4) is 0 Å². The predicted octanol–water partition coefficient (Wildman–Crippen LogP) is 1.53. The third kappa shape index (κ3) is 6.61. The molecule has 0 unspecified atom stereocenters. The van der Waals surface area contributed by atoms with Gasteiger partial charge >= 0.3 is 42.4 Å². The summed E-state index contributed by atoms with van der Waals surface area (Å²) in [5.41, 5.74) is 0. The first-order valence-electron chi connectivity index (χ1n) is 10.9. The van der Waals surface area contributed by atoms with Gasteiger partial charge in [0, 0.05) is 0 Å². The Kier molecular flexibility index (Phi) is 7.78. The van der Waals surface area contributed by atoms with E-state index in [9.17, 15) is 0 Å². The van der Waals surface area contributed by atoms with Crippen molar-refractivity contribution >= 4 is 0 Å². The van der Waals surface area contributed by atoms with Crippen molar-refractivity contribution in [1.29, 1.82) is 0 Å². The maximum atomic E-state index is 6.02. The number of rotatable bonds is 8. The second-order valence-corrected chi connectivity index (χ2v) is 13.4. The van der Waals surface area contributed by atoms with Gasteiger partial charge in [0.1, 0.15) is 23.0 Å². The van der Waals surface area contributed by atoms with Gasteiger partial charge in [-0.15, -0.1) is 0 Å². The molecule has 0 bridgehead atoms. The summed E-state index contributed by atoms with van der Waals surface area (Å²) >= 11 is -0.320. The molecule has 5 aromatic rings. The zero-order chi connectivity index (χ0) is 23.0. The Morgan fingerprint density at radius 3 is 0.882 bits per heavy atom. The van der Waals surface area contributed by atoms with E-state index < -0.39 is 0 Å². The molecule has 166 valence electrons. The Hall–Kier alpha value is -2.84. The average Bonchev–Trinajstić information content (AvgIpc) is 2.89. The van der Waals surface area contributed by atoms with Crippen LogP contribution in [0.25, 0.3) is 0 Å². The van der Waals surface area contributed by atoms with Crippen LogP contribution in [-0.2, 0) is 0 Å². The number of hydrogen-bond donors (Lipinski definition) is 0. The van der Waals surface area contributed by atoms with E-state index in [1.807, 2.05) is 48.5 Å². The van der Waals surface area contributed by atoms with Crippen LogP contribution in [0, 0.1) is 14.3 Å². The molecule has 5 rings (SSSR count). The number of benzene rings is 5. The molecule has 4 heteroatoms. The standard InChI is InChI=1S/C30H22I2O2/c1-3-7-23(8-4-1)31-25-11-15-27(16-12-25)33-29-19-21-30(22-20-29)34-28-17-13-26(14-18-28)32-24-9-5-2-6-10-24/h1-22H/q+2. The van der Waals surface area contributed by atoms with Gasteiger partial charge in [-0.25, -0.2) is 0 Å². The highest BCUT2D eigenvalue weighted by Crippen LogP contribution is 2.26. The number of ether oxygens (including phenoxy) is 2. The third-order valence-electron chi connectivity index (χ3n) is 4.83. The average molecular weight is 668 g/mol.